The molecule has 0 atom stereocenters. The van der Waals surface area contributed by atoms with Crippen molar-refractivity contribution in [3.05, 3.63) is 15.0 Å². The van der Waals surface area contributed by atoms with Gasteiger partial charge in [-0.05, 0) is 0 Å². The molecule has 0 bridgehead atoms. The first kappa shape index (κ1) is 5.28. The fourth-order valence-electron chi connectivity index (χ4n) is 0.188. The van der Waals surface area contributed by atoms with Crippen LogP contribution in [0.25, 0.3) is 0 Å². The molecule has 0 spiro atoms. The van der Waals surface area contributed by atoms with Crippen molar-refractivity contribution in [1.82, 2.24) is 7.96 Å². The Balaban J connectivity index is 3.39. The van der Waals surface area contributed by atoms with Gasteiger partial charge >= 0.3 is 53.8 Å². The molecule has 0 fully saturated rings. The SMILES string of the molecule is O=c1[nH][se]nc1Br. The van der Waals surface area contributed by atoms with Crippen LogP contribution in [0.1, 0.15) is 0 Å². The van der Waals surface area contributed by atoms with Gasteiger partial charge in [-0.15, -0.1) is 0 Å². The Labute approximate surface area is 54.1 Å². The molecule has 0 aromatic carbocycles. The standard InChI is InChI=1S/C2HBrN2OSe/c3-1-2(6)5-7-4-1/h(H,5,6). The average Bonchev–Trinajstić information content (AvgIpc) is 1.91. The Morgan fingerprint density at radius 1 is 1.86 bits per heavy atom. The van der Waals surface area contributed by atoms with Crippen LogP contribution in [0.15, 0.2) is 9.40 Å². The van der Waals surface area contributed by atoms with Crippen LogP contribution >= 0.6 is 15.9 Å². The number of aromatic amines is 1. The van der Waals surface area contributed by atoms with E-state index >= 15 is 0 Å². The molecule has 1 rings (SSSR count). The molecule has 0 amide bonds. The summed E-state index contributed by atoms with van der Waals surface area (Å²) >= 11 is 2.91. The Bertz CT molecular complexity index is 203. The zero-order valence-corrected chi connectivity index (χ0v) is 6.44. The number of H-pyrrole nitrogens is 1. The van der Waals surface area contributed by atoms with Gasteiger partial charge in [0.25, 0.3) is 0 Å². The summed E-state index contributed by atoms with van der Waals surface area (Å²) in [7, 11) is 0. The van der Waals surface area contributed by atoms with E-state index in [0.29, 0.717) is 4.60 Å². The van der Waals surface area contributed by atoms with E-state index in [4.69, 9.17) is 0 Å². The second-order valence-corrected chi connectivity index (χ2v) is 2.85. The molecule has 1 aromatic rings. The molecule has 1 heterocycles. The van der Waals surface area contributed by atoms with E-state index in [1.54, 1.807) is 0 Å². The van der Waals surface area contributed by atoms with Crippen molar-refractivity contribution in [3.63, 3.8) is 0 Å². The zero-order chi connectivity index (χ0) is 5.28. The van der Waals surface area contributed by atoms with E-state index < -0.39 is 0 Å². The molecule has 1 aromatic heterocycles. The number of aromatic nitrogens is 2. The number of hydrogen-bond donors (Lipinski definition) is 1. The van der Waals surface area contributed by atoms with Crippen LogP contribution in [0.4, 0.5) is 0 Å². The third kappa shape index (κ3) is 1.02. The summed E-state index contributed by atoms with van der Waals surface area (Å²) in [6.07, 6.45) is 0. The molecule has 0 aliphatic carbocycles. The van der Waals surface area contributed by atoms with E-state index in [1.807, 2.05) is 0 Å². The number of hydrogen-bond acceptors (Lipinski definition) is 2. The van der Waals surface area contributed by atoms with E-state index in [0.717, 1.165) is 0 Å². The second-order valence-electron chi connectivity index (χ2n) is 0.905. The van der Waals surface area contributed by atoms with Gasteiger partial charge in [0, 0.05) is 0 Å². The van der Waals surface area contributed by atoms with E-state index in [1.165, 1.54) is 0 Å². The molecule has 3 nitrogen and oxygen atoms in total. The summed E-state index contributed by atoms with van der Waals surface area (Å²) in [5, 5.41) is 0. The van der Waals surface area contributed by atoms with Gasteiger partial charge in [-0.3, -0.25) is 0 Å². The number of rotatable bonds is 0. The quantitative estimate of drug-likeness (QED) is 0.613. The monoisotopic (exact) mass is 228 g/mol. The molecule has 1 N–H and O–H groups in total. The van der Waals surface area contributed by atoms with Gasteiger partial charge in [-0.2, -0.15) is 0 Å². The Morgan fingerprint density at radius 2 is 2.57 bits per heavy atom. The van der Waals surface area contributed by atoms with Crippen molar-refractivity contribution >= 4 is 30.9 Å². The Kier molecular flexibility index (Phi) is 1.46. The first-order chi connectivity index (χ1) is 3.30. The Morgan fingerprint density at radius 3 is 2.71 bits per heavy atom. The van der Waals surface area contributed by atoms with Crippen LogP contribution < -0.4 is 5.56 Å². The summed E-state index contributed by atoms with van der Waals surface area (Å²) in [5.41, 5.74) is -0.0972. The van der Waals surface area contributed by atoms with Gasteiger partial charge in [-0.25, -0.2) is 0 Å². The average molecular weight is 228 g/mol. The summed E-state index contributed by atoms with van der Waals surface area (Å²) < 4.78 is 6.72. The Hall–Kier alpha value is 0.139. The molecule has 0 saturated carbocycles. The van der Waals surface area contributed by atoms with Crippen molar-refractivity contribution in [2.75, 3.05) is 0 Å². The van der Waals surface area contributed by atoms with Gasteiger partial charge < -0.3 is 0 Å². The van der Waals surface area contributed by atoms with Crippen molar-refractivity contribution in [1.29, 1.82) is 0 Å². The van der Waals surface area contributed by atoms with Crippen molar-refractivity contribution in [2.45, 2.75) is 0 Å². The second kappa shape index (κ2) is 1.94. The molecule has 7 heavy (non-hydrogen) atoms. The number of halogens is 1. The molecule has 0 aliphatic heterocycles. The van der Waals surface area contributed by atoms with Crippen LogP contribution in [0, 0.1) is 0 Å². The van der Waals surface area contributed by atoms with Crippen molar-refractivity contribution in [3.8, 4) is 0 Å². The van der Waals surface area contributed by atoms with Crippen molar-refractivity contribution < 1.29 is 0 Å². The van der Waals surface area contributed by atoms with Gasteiger partial charge in [0.2, 0.25) is 0 Å². The fourth-order valence-corrected chi connectivity index (χ4v) is 1.77. The zero-order valence-electron chi connectivity index (χ0n) is 3.14. The van der Waals surface area contributed by atoms with E-state index in [9.17, 15) is 4.79 Å². The normalized spacial score (nSPS) is 9.29. The van der Waals surface area contributed by atoms with E-state index in [2.05, 4.69) is 23.9 Å². The third-order valence-electron chi connectivity index (χ3n) is 0.451. The van der Waals surface area contributed by atoms with Crippen LogP contribution in [0.3, 0.4) is 0 Å². The third-order valence-corrected chi connectivity index (χ3v) is 2.67. The van der Waals surface area contributed by atoms with Crippen molar-refractivity contribution in [2.24, 2.45) is 0 Å². The van der Waals surface area contributed by atoms with Gasteiger partial charge in [0.1, 0.15) is 0 Å². The molecular weight excluding hydrogens is 227 g/mol. The summed E-state index contributed by atoms with van der Waals surface area (Å²) in [6.45, 7) is 0. The van der Waals surface area contributed by atoms with Crippen LogP contribution in [0.2, 0.25) is 0 Å². The predicted octanol–water partition coefficient (Wildman–Crippen LogP) is -0.411. The minimum absolute atomic E-state index is 0.0457. The maximum absolute atomic E-state index is 10.3. The molecular formula is C2HBrN2OSe. The number of nitrogens with one attached hydrogen (secondary N) is 1. The molecule has 0 aliphatic rings. The summed E-state index contributed by atoms with van der Waals surface area (Å²) in [5.74, 6) is 0. The molecule has 0 unspecified atom stereocenters. The minimum atomic E-state index is -0.0972. The van der Waals surface area contributed by atoms with Gasteiger partial charge in [0.15, 0.2) is 0 Å². The molecule has 5 heteroatoms. The van der Waals surface area contributed by atoms with E-state index in [-0.39, 0.29) is 20.5 Å². The first-order valence-electron chi connectivity index (χ1n) is 1.50. The van der Waals surface area contributed by atoms with Gasteiger partial charge in [0.05, 0.1) is 0 Å². The summed E-state index contributed by atoms with van der Waals surface area (Å²) in [4.78, 5) is 10.3. The topological polar surface area (TPSA) is 45.8 Å². The van der Waals surface area contributed by atoms with Crippen LogP contribution in [-0.2, 0) is 0 Å². The van der Waals surface area contributed by atoms with Crippen LogP contribution in [0.5, 0.6) is 0 Å². The van der Waals surface area contributed by atoms with Crippen LogP contribution in [-0.4, -0.2) is 22.9 Å². The predicted molar refractivity (Wildman–Crippen MR) is 29.5 cm³/mol. The number of nitrogens with zero attached hydrogens (tertiary/aromatic N) is 1. The summed E-state index contributed by atoms with van der Waals surface area (Å²) in [6, 6.07) is 0. The van der Waals surface area contributed by atoms with Gasteiger partial charge in [-0.1, -0.05) is 0 Å². The maximum atomic E-state index is 10.3. The first-order valence-corrected chi connectivity index (χ1v) is 3.92. The molecule has 38 valence electrons. The fraction of sp³-hybridized carbons (Fsp3) is 0. The molecule has 0 radical (unpaired) electrons. The molecule has 0 saturated heterocycles.